The van der Waals surface area contributed by atoms with Crippen LogP contribution in [0.5, 0.6) is 0 Å². The zero-order valence-corrected chi connectivity index (χ0v) is 12.5. The Labute approximate surface area is 120 Å². The summed E-state index contributed by atoms with van der Waals surface area (Å²) in [4.78, 5) is 14.5. The first-order valence-corrected chi connectivity index (χ1v) is 7.16. The van der Waals surface area contributed by atoms with Gasteiger partial charge < -0.3 is 15.0 Å². The van der Waals surface area contributed by atoms with Crippen molar-refractivity contribution in [1.82, 2.24) is 14.7 Å². The highest BCUT2D eigenvalue weighted by atomic mass is 16.5. The van der Waals surface area contributed by atoms with E-state index in [0.717, 1.165) is 38.3 Å². The van der Waals surface area contributed by atoms with E-state index in [9.17, 15) is 4.79 Å². The molecule has 0 aliphatic carbocycles. The molecule has 0 bridgehead atoms. The van der Waals surface area contributed by atoms with Crippen molar-refractivity contribution in [2.24, 2.45) is 5.92 Å². The zero-order valence-electron chi connectivity index (χ0n) is 12.5. The van der Waals surface area contributed by atoms with Gasteiger partial charge >= 0.3 is 0 Å². The van der Waals surface area contributed by atoms with E-state index in [1.165, 1.54) is 0 Å². The molecule has 6 nitrogen and oxygen atoms in total. The lowest BCUT2D eigenvalue weighted by molar-refractivity contribution is -0.119. The lowest BCUT2D eigenvalue weighted by atomic mass is 10.1. The van der Waals surface area contributed by atoms with E-state index in [4.69, 9.17) is 4.74 Å². The minimum Gasteiger partial charge on any atom is -0.383 e. The van der Waals surface area contributed by atoms with Gasteiger partial charge in [0, 0.05) is 32.4 Å². The summed E-state index contributed by atoms with van der Waals surface area (Å²) in [5.74, 6) is 0.155. The third-order valence-electron chi connectivity index (χ3n) is 3.65. The van der Waals surface area contributed by atoms with Crippen molar-refractivity contribution in [2.75, 3.05) is 38.7 Å². The van der Waals surface area contributed by atoms with Gasteiger partial charge in [-0.2, -0.15) is 5.10 Å². The van der Waals surface area contributed by atoms with Crippen molar-refractivity contribution in [3.8, 4) is 0 Å². The second-order valence-corrected chi connectivity index (χ2v) is 5.57. The summed E-state index contributed by atoms with van der Waals surface area (Å²) in [7, 11) is 1.70. The van der Waals surface area contributed by atoms with Crippen LogP contribution >= 0.6 is 0 Å². The highest BCUT2D eigenvalue weighted by Crippen LogP contribution is 2.18. The van der Waals surface area contributed by atoms with Crippen LogP contribution in [0.1, 0.15) is 26.3 Å². The van der Waals surface area contributed by atoms with Crippen LogP contribution in [-0.4, -0.2) is 53.9 Å². The van der Waals surface area contributed by atoms with E-state index in [-0.39, 0.29) is 11.8 Å². The molecule has 112 valence electrons. The van der Waals surface area contributed by atoms with E-state index in [1.807, 2.05) is 10.9 Å². The largest absolute Gasteiger partial charge is 0.383 e. The van der Waals surface area contributed by atoms with Crippen molar-refractivity contribution in [2.45, 2.75) is 26.3 Å². The molecule has 0 spiro atoms. The molecule has 0 radical (unpaired) electrons. The Morgan fingerprint density at radius 3 is 3.05 bits per heavy atom. The number of carbonyl (C=O) groups excluding carboxylic acids is 1. The molecule has 6 heteroatoms. The standard InChI is InChI=1S/C14H24N4O2/c1-11(2)18-10-13(8-15-18)16-14(19)12-4-5-17(9-12)6-7-20-3/h8,10-12H,4-7,9H2,1-3H3,(H,16,19). The zero-order chi connectivity index (χ0) is 14.5. The summed E-state index contributed by atoms with van der Waals surface area (Å²) in [5.41, 5.74) is 0.777. The number of ether oxygens (including phenoxy) is 1. The summed E-state index contributed by atoms with van der Waals surface area (Å²) in [5, 5.41) is 7.18. The number of nitrogens with one attached hydrogen (secondary N) is 1. The molecule has 1 unspecified atom stereocenters. The molecule has 1 atom stereocenters. The number of hydrogen-bond donors (Lipinski definition) is 1. The fraction of sp³-hybridized carbons (Fsp3) is 0.714. The average molecular weight is 280 g/mol. The van der Waals surface area contributed by atoms with Gasteiger partial charge in [-0.05, 0) is 26.8 Å². The van der Waals surface area contributed by atoms with Crippen LogP contribution in [0.25, 0.3) is 0 Å². The first kappa shape index (κ1) is 15.0. The van der Waals surface area contributed by atoms with Gasteiger partial charge in [-0.3, -0.25) is 9.48 Å². The number of likely N-dealkylation sites (tertiary alicyclic amines) is 1. The number of amides is 1. The van der Waals surface area contributed by atoms with Gasteiger partial charge in [-0.25, -0.2) is 0 Å². The number of carbonyl (C=O) groups is 1. The number of aromatic nitrogens is 2. The summed E-state index contributed by atoms with van der Waals surface area (Å²) in [6, 6.07) is 0.302. The topological polar surface area (TPSA) is 59.4 Å². The van der Waals surface area contributed by atoms with Gasteiger partial charge in [0.15, 0.2) is 0 Å². The van der Waals surface area contributed by atoms with E-state index >= 15 is 0 Å². The molecular weight excluding hydrogens is 256 g/mol. The van der Waals surface area contributed by atoms with Crippen LogP contribution in [0.4, 0.5) is 5.69 Å². The Hall–Kier alpha value is -1.40. The molecule has 20 heavy (non-hydrogen) atoms. The number of nitrogens with zero attached hydrogens (tertiary/aromatic N) is 3. The third kappa shape index (κ3) is 3.80. The molecule has 1 N–H and O–H groups in total. The van der Waals surface area contributed by atoms with Crippen molar-refractivity contribution < 1.29 is 9.53 Å². The Balaban J connectivity index is 1.83. The van der Waals surface area contributed by atoms with E-state index in [1.54, 1.807) is 13.3 Å². The van der Waals surface area contributed by atoms with Gasteiger partial charge in [-0.15, -0.1) is 0 Å². The van der Waals surface area contributed by atoms with Crippen LogP contribution in [0, 0.1) is 5.92 Å². The average Bonchev–Trinajstić information content (AvgIpc) is 3.04. The quantitative estimate of drug-likeness (QED) is 0.855. The van der Waals surface area contributed by atoms with Gasteiger partial charge in [0.2, 0.25) is 5.91 Å². The maximum atomic E-state index is 12.2. The monoisotopic (exact) mass is 280 g/mol. The van der Waals surface area contributed by atoms with Gasteiger partial charge in [-0.1, -0.05) is 0 Å². The lowest BCUT2D eigenvalue weighted by Crippen LogP contribution is -2.29. The summed E-state index contributed by atoms with van der Waals surface area (Å²) in [6.45, 7) is 7.51. The maximum Gasteiger partial charge on any atom is 0.228 e. The highest BCUT2D eigenvalue weighted by Gasteiger charge is 2.28. The Bertz CT molecular complexity index is 444. The molecule has 1 aliphatic rings. The fourth-order valence-electron chi connectivity index (χ4n) is 2.40. The number of methoxy groups -OCH3 is 1. The molecule has 1 aliphatic heterocycles. The summed E-state index contributed by atoms with van der Waals surface area (Å²) in [6.07, 6.45) is 4.49. The number of anilines is 1. The molecule has 1 fully saturated rings. The minimum atomic E-state index is 0.0641. The Morgan fingerprint density at radius 2 is 2.40 bits per heavy atom. The third-order valence-corrected chi connectivity index (χ3v) is 3.65. The second-order valence-electron chi connectivity index (χ2n) is 5.57. The molecular formula is C14H24N4O2. The van der Waals surface area contributed by atoms with Crippen molar-refractivity contribution in [1.29, 1.82) is 0 Å². The van der Waals surface area contributed by atoms with Crippen molar-refractivity contribution in [3.05, 3.63) is 12.4 Å². The molecule has 1 saturated heterocycles. The molecule has 2 heterocycles. The van der Waals surface area contributed by atoms with Crippen LogP contribution in [0.2, 0.25) is 0 Å². The highest BCUT2D eigenvalue weighted by molar-refractivity contribution is 5.92. The van der Waals surface area contributed by atoms with E-state index in [0.29, 0.717) is 6.04 Å². The fourth-order valence-corrected chi connectivity index (χ4v) is 2.40. The number of rotatable bonds is 6. The Morgan fingerprint density at radius 1 is 1.60 bits per heavy atom. The SMILES string of the molecule is COCCN1CCC(C(=O)Nc2cnn(C(C)C)c2)C1. The number of hydrogen-bond acceptors (Lipinski definition) is 4. The normalized spacial score (nSPS) is 19.7. The molecule has 1 aromatic rings. The van der Waals surface area contributed by atoms with Crippen LogP contribution < -0.4 is 5.32 Å². The predicted octanol–water partition coefficient (Wildman–Crippen LogP) is 1.37. The first-order chi connectivity index (χ1) is 9.60. The van der Waals surface area contributed by atoms with E-state index < -0.39 is 0 Å². The molecule has 1 aromatic heterocycles. The molecule has 1 amide bonds. The van der Waals surface area contributed by atoms with Crippen LogP contribution in [0.3, 0.4) is 0 Å². The summed E-state index contributed by atoms with van der Waals surface area (Å²) < 4.78 is 6.91. The van der Waals surface area contributed by atoms with Crippen LogP contribution in [-0.2, 0) is 9.53 Å². The van der Waals surface area contributed by atoms with Gasteiger partial charge in [0.05, 0.1) is 24.4 Å². The lowest BCUT2D eigenvalue weighted by Gasteiger charge is -2.14. The van der Waals surface area contributed by atoms with Crippen molar-refractivity contribution >= 4 is 11.6 Å². The Kier molecular flexibility index (Phi) is 5.14. The molecule has 2 rings (SSSR count). The first-order valence-electron chi connectivity index (χ1n) is 7.16. The van der Waals surface area contributed by atoms with E-state index in [2.05, 4.69) is 29.2 Å². The maximum absolute atomic E-state index is 12.2. The van der Waals surface area contributed by atoms with Gasteiger partial charge in [0.1, 0.15) is 0 Å². The predicted molar refractivity (Wildman–Crippen MR) is 77.7 cm³/mol. The second kappa shape index (κ2) is 6.85. The summed E-state index contributed by atoms with van der Waals surface area (Å²) >= 11 is 0. The molecule has 0 aromatic carbocycles. The van der Waals surface area contributed by atoms with Crippen LogP contribution in [0.15, 0.2) is 12.4 Å². The van der Waals surface area contributed by atoms with Gasteiger partial charge in [0.25, 0.3) is 0 Å². The van der Waals surface area contributed by atoms with Crippen molar-refractivity contribution in [3.63, 3.8) is 0 Å². The molecule has 0 saturated carbocycles. The smallest absolute Gasteiger partial charge is 0.228 e. The minimum absolute atomic E-state index is 0.0641.